The molecule has 0 unspecified atom stereocenters. The Morgan fingerprint density at radius 2 is 2.20 bits per heavy atom. The van der Waals surface area contributed by atoms with E-state index in [-0.39, 0.29) is 12.6 Å². The van der Waals surface area contributed by atoms with Crippen LogP contribution in [-0.4, -0.2) is 31.4 Å². The Bertz CT molecular complexity index is 430. The second-order valence-electron chi connectivity index (χ2n) is 5.54. The number of nitrogens with zero attached hydrogens (tertiary/aromatic N) is 1. The second kappa shape index (κ2) is 6.95. The van der Waals surface area contributed by atoms with E-state index in [2.05, 4.69) is 11.0 Å². The van der Waals surface area contributed by atoms with Crippen LogP contribution in [0.5, 0.6) is 5.75 Å². The minimum Gasteiger partial charge on any atom is -0.496 e. The summed E-state index contributed by atoms with van der Waals surface area (Å²) in [4.78, 5) is 2.40. The van der Waals surface area contributed by atoms with Crippen molar-refractivity contribution < 1.29 is 9.84 Å². The van der Waals surface area contributed by atoms with Gasteiger partial charge in [0.2, 0.25) is 0 Å². The fourth-order valence-corrected chi connectivity index (χ4v) is 2.86. The summed E-state index contributed by atoms with van der Waals surface area (Å²) in [5.74, 6) is 0.853. The van der Waals surface area contributed by atoms with Gasteiger partial charge in [0.1, 0.15) is 5.75 Å². The fraction of sp³-hybridized carbons (Fsp3) is 0.625. The van der Waals surface area contributed by atoms with E-state index in [1.807, 2.05) is 19.1 Å². The average Bonchev–Trinajstić information content (AvgIpc) is 2.40. The number of aliphatic hydroxyl groups excluding tert-OH is 1. The summed E-state index contributed by atoms with van der Waals surface area (Å²) in [6, 6.07) is 6.61. The first kappa shape index (κ1) is 15.1. The Kier molecular flexibility index (Phi) is 5.26. The van der Waals surface area contributed by atoms with Gasteiger partial charge >= 0.3 is 0 Å². The van der Waals surface area contributed by atoms with Crippen molar-refractivity contribution in [2.24, 2.45) is 5.73 Å². The largest absolute Gasteiger partial charge is 0.496 e. The van der Waals surface area contributed by atoms with Crippen LogP contribution in [0.15, 0.2) is 18.2 Å². The SMILES string of the molecule is COc1cccc(N(CCCO)C2CCC2)c1[C@H](C)N. The minimum absolute atomic E-state index is 0.0714. The van der Waals surface area contributed by atoms with E-state index in [4.69, 9.17) is 15.6 Å². The van der Waals surface area contributed by atoms with Crippen LogP contribution in [0.4, 0.5) is 5.69 Å². The van der Waals surface area contributed by atoms with Crippen molar-refractivity contribution >= 4 is 5.69 Å². The molecule has 1 aliphatic rings. The van der Waals surface area contributed by atoms with Crippen molar-refractivity contribution in [2.75, 3.05) is 25.2 Å². The van der Waals surface area contributed by atoms with Gasteiger partial charge in [-0.05, 0) is 44.7 Å². The van der Waals surface area contributed by atoms with Crippen molar-refractivity contribution in [1.82, 2.24) is 0 Å². The third-order valence-electron chi connectivity index (χ3n) is 4.10. The minimum atomic E-state index is -0.0714. The highest BCUT2D eigenvalue weighted by Gasteiger charge is 2.28. The first-order valence-electron chi connectivity index (χ1n) is 7.49. The highest BCUT2D eigenvalue weighted by atomic mass is 16.5. The molecule has 0 heterocycles. The molecule has 0 radical (unpaired) electrons. The lowest BCUT2D eigenvalue weighted by atomic mass is 9.90. The number of hydrogen-bond acceptors (Lipinski definition) is 4. The van der Waals surface area contributed by atoms with Gasteiger partial charge in [-0.3, -0.25) is 0 Å². The molecule has 112 valence electrons. The Balaban J connectivity index is 2.35. The molecular weight excluding hydrogens is 252 g/mol. The standard InChI is InChI=1S/C16H26N2O2/c1-12(17)16-14(8-4-9-15(16)20-2)18(10-5-11-19)13-6-3-7-13/h4,8-9,12-13,19H,3,5-7,10-11,17H2,1-2H3/t12-/m0/s1. The monoisotopic (exact) mass is 278 g/mol. The average molecular weight is 278 g/mol. The van der Waals surface area contributed by atoms with E-state index >= 15 is 0 Å². The number of methoxy groups -OCH3 is 1. The second-order valence-corrected chi connectivity index (χ2v) is 5.54. The maximum atomic E-state index is 9.14. The lowest BCUT2D eigenvalue weighted by Crippen LogP contribution is -2.42. The summed E-state index contributed by atoms with van der Waals surface area (Å²) in [6.45, 7) is 3.08. The molecule has 0 bridgehead atoms. The van der Waals surface area contributed by atoms with E-state index in [0.717, 1.165) is 30.0 Å². The Labute approximate surface area is 121 Å². The molecule has 4 heteroatoms. The molecule has 0 saturated heterocycles. The van der Waals surface area contributed by atoms with Crippen molar-refractivity contribution in [3.63, 3.8) is 0 Å². The molecule has 4 nitrogen and oxygen atoms in total. The van der Waals surface area contributed by atoms with Gasteiger partial charge < -0.3 is 20.5 Å². The fourth-order valence-electron chi connectivity index (χ4n) is 2.86. The highest BCUT2D eigenvalue weighted by molar-refractivity contribution is 5.61. The molecule has 0 spiro atoms. The lowest BCUT2D eigenvalue weighted by Gasteiger charge is -2.41. The van der Waals surface area contributed by atoms with Gasteiger partial charge in [0.15, 0.2) is 0 Å². The van der Waals surface area contributed by atoms with Crippen LogP contribution in [0.2, 0.25) is 0 Å². The van der Waals surface area contributed by atoms with Crippen LogP contribution >= 0.6 is 0 Å². The maximum absolute atomic E-state index is 9.14. The number of hydrogen-bond donors (Lipinski definition) is 2. The predicted octanol–water partition coefficient (Wildman–Crippen LogP) is 2.46. The van der Waals surface area contributed by atoms with Gasteiger partial charge in [-0.1, -0.05) is 6.07 Å². The van der Waals surface area contributed by atoms with E-state index < -0.39 is 0 Å². The zero-order valence-corrected chi connectivity index (χ0v) is 12.5. The third-order valence-corrected chi connectivity index (χ3v) is 4.10. The summed E-state index contributed by atoms with van der Waals surface area (Å²) >= 11 is 0. The predicted molar refractivity (Wildman–Crippen MR) is 82.3 cm³/mol. The molecule has 0 aromatic heterocycles. The van der Waals surface area contributed by atoms with Crippen LogP contribution in [0.3, 0.4) is 0 Å². The molecule has 20 heavy (non-hydrogen) atoms. The van der Waals surface area contributed by atoms with Gasteiger partial charge in [0.25, 0.3) is 0 Å². The number of nitrogens with two attached hydrogens (primary N) is 1. The highest BCUT2D eigenvalue weighted by Crippen LogP contribution is 2.38. The summed E-state index contributed by atoms with van der Waals surface area (Å²) in [5, 5.41) is 9.14. The van der Waals surface area contributed by atoms with Gasteiger partial charge in [0, 0.05) is 36.5 Å². The molecule has 1 aromatic carbocycles. The number of ether oxygens (including phenoxy) is 1. The van der Waals surface area contributed by atoms with E-state index in [9.17, 15) is 0 Å². The number of anilines is 1. The summed E-state index contributed by atoms with van der Waals surface area (Å²) < 4.78 is 5.48. The maximum Gasteiger partial charge on any atom is 0.125 e. The summed E-state index contributed by atoms with van der Waals surface area (Å²) in [7, 11) is 1.69. The van der Waals surface area contributed by atoms with Gasteiger partial charge in [-0.2, -0.15) is 0 Å². The number of rotatable bonds is 7. The van der Waals surface area contributed by atoms with Gasteiger partial charge in [0.05, 0.1) is 7.11 Å². The van der Waals surface area contributed by atoms with E-state index in [1.54, 1.807) is 7.11 Å². The first-order chi connectivity index (χ1) is 9.69. The lowest BCUT2D eigenvalue weighted by molar-refractivity contribution is 0.282. The zero-order valence-electron chi connectivity index (χ0n) is 12.5. The number of benzene rings is 1. The van der Waals surface area contributed by atoms with Gasteiger partial charge in [-0.25, -0.2) is 0 Å². The van der Waals surface area contributed by atoms with Crippen LogP contribution in [0.1, 0.15) is 44.2 Å². The molecule has 1 atom stereocenters. The third kappa shape index (κ3) is 3.07. The van der Waals surface area contributed by atoms with Crippen LogP contribution in [0.25, 0.3) is 0 Å². The Morgan fingerprint density at radius 1 is 1.45 bits per heavy atom. The molecule has 1 fully saturated rings. The molecule has 1 saturated carbocycles. The molecule has 0 amide bonds. The van der Waals surface area contributed by atoms with Crippen LogP contribution in [0, 0.1) is 0 Å². The van der Waals surface area contributed by atoms with Crippen molar-refractivity contribution in [3.05, 3.63) is 23.8 Å². The molecule has 2 rings (SSSR count). The molecule has 1 aromatic rings. The topological polar surface area (TPSA) is 58.7 Å². The van der Waals surface area contributed by atoms with Crippen LogP contribution < -0.4 is 15.4 Å². The zero-order chi connectivity index (χ0) is 14.5. The van der Waals surface area contributed by atoms with Crippen molar-refractivity contribution in [2.45, 2.75) is 44.7 Å². The molecular formula is C16H26N2O2. The Hall–Kier alpha value is -1.26. The molecule has 0 aliphatic heterocycles. The van der Waals surface area contributed by atoms with Gasteiger partial charge in [-0.15, -0.1) is 0 Å². The van der Waals surface area contributed by atoms with Crippen molar-refractivity contribution in [1.29, 1.82) is 0 Å². The Morgan fingerprint density at radius 3 is 2.70 bits per heavy atom. The molecule has 1 aliphatic carbocycles. The summed E-state index contributed by atoms with van der Waals surface area (Å²) in [6.07, 6.45) is 4.52. The van der Waals surface area contributed by atoms with Crippen molar-refractivity contribution in [3.8, 4) is 5.75 Å². The number of aliphatic hydroxyl groups is 1. The normalized spacial score (nSPS) is 16.6. The molecule has 3 N–H and O–H groups in total. The summed E-state index contributed by atoms with van der Waals surface area (Å²) in [5.41, 5.74) is 8.39. The van der Waals surface area contributed by atoms with E-state index in [0.29, 0.717) is 6.04 Å². The van der Waals surface area contributed by atoms with E-state index in [1.165, 1.54) is 19.3 Å². The van der Waals surface area contributed by atoms with Crippen LogP contribution in [-0.2, 0) is 0 Å². The quantitative estimate of drug-likeness (QED) is 0.804. The smallest absolute Gasteiger partial charge is 0.125 e. The first-order valence-corrected chi connectivity index (χ1v) is 7.49.